The van der Waals surface area contributed by atoms with Crippen LogP contribution in [0.15, 0.2) is 96.5 Å². The molecule has 5 aromatic rings. The first-order valence-electron chi connectivity index (χ1n) is 13.8. The summed E-state index contributed by atoms with van der Waals surface area (Å²) >= 11 is 0. The Labute approximate surface area is 246 Å². The number of aliphatic imine (C=N–C) groups is 1. The summed E-state index contributed by atoms with van der Waals surface area (Å²) in [5.74, 6) is 2.11. The molecule has 0 saturated carbocycles. The number of fused-ring (bicyclic) bond motifs is 1. The van der Waals surface area contributed by atoms with E-state index in [0.29, 0.717) is 24.3 Å². The molecule has 0 aliphatic rings. The second kappa shape index (κ2) is 12.8. The first kappa shape index (κ1) is 28.8. The van der Waals surface area contributed by atoms with Gasteiger partial charge in [-0.25, -0.2) is 19.9 Å². The summed E-state index contributed by atoms with van der Waals surface area (Å²) in [6.45, 7) is 2.76. The van der Waals surface area contributed by atoms with Crippen molar-refractivity contribution in [1.82, 2.24) is 24.4 Å². The van der Waals surface area contributed by atoms with Crippen molar-refractivity contribution in [2.24, 2.45) is 4.99 Å². The number of ether oxygens (including phenoxy) is 3. The molecule has 9 nitrogen and oxygen atoms in total. The van der Waals surface area contributed by atoms with Crippen LogP contribution in [0.2, 0.25) is 0 Å². The molecule has 216 valence electrons. The smallest absolute Gasteiger partial charge is 0.184 e. The van der Waals surface area contributed by atoms with Crippen LogP contribution in [0.25, 0.3) is 11.2 Å². The molecule has 2 heterocycles. The molecule has 42 heavy (non-hydrogen) atoms. The molecular formula is C33H36N6O3. The number of nitrogens with zero attached hydrogens (tertiary/aromatic N) is 6. The Morgan fingerprint density at radius 1 is 0.833 bits per heavy atom. The van der Waals surface area contributed by atoms with E-state index in [1.54, 1.807) is 26.9 Å². The molecular weight excluding hydrogens is 528 g/mol. The van der Waals surface area contributed by atoms with Crippen molar-refractivity contribution in [2.45, 2.75) is 31.6 Å². The number of aryl methyl sites for hydroxylation is 1. The molecule has 0 amide bonds. The van der Waals surface area contributed by atoms with E-state index in [0.717, 1.165) is 33.8 Å². The molecule has 0 aliphatic heterocycles. The standard InChI is InChI=1S/C33H36N6O3/c1-24(19-20-39-23-36-30-31(37-22-38(2)3)34-21-35-32(30)39)42-33(25-9-7-6-8-10-25,26-11-15-28(40-4)16-12-26)27-13-17-29(41-5)18-14-27/h6-18,21-24H,19-20H2,1-5H3/b37-22+. The Morgan fingerprint density at radius 2 is 1.43 bits per heavy atom. The maximum atomic E-state index is 7.17. The van der Waals surface area contributed by atoms with E-state index in [9.17, 15) is 0 Å². The Hall–Kier alpha value is -4.76. The van der Waals surface area contributed by atoms with Crippen LogP contribution in [0.3, 0.4) is 0 Å². The van der Waals surface area contributed by atoms with Crippen molar-refractivity contribution in [1.29, 1.82) is 0 Å². The SMILES string of the molecule is COc1ccc(C(OC(C)CCn2cnc3c(/N=C/N(C)C)ncnc32)(c2ccccc2)c2ccc(OC)cc2)cc1. The van der Waals surface area contributed by atoms with Crippen molar-refractivity contribution >= 4 is 23.3 Å². The van der Waals surface area contributed by atoms with Crippen LogP contribution in [0.4, 0.5) is 5.82 Å². The largest absolute Gasteiger partial charge is 0.497 e. The number of hydrogen-bond donors (Lipinski definition) is 0. The fourth-order valence-corrected chi connectivity index (χ4v) is 5.01. The molecule has 0 bridgehead atoms. The van der Waals surface area contributed by atoms with Gasteiger partial charge in [-0.2, -0.15) is 0 Å². The molecule has 0 saturated heterocycles. The fraction of sp³-hybridized carbons (Fsp3) is 0.273. The van der Waals surface area contributed by atoms with Crippen LogP contribution in [-0.2, 0) is 16.9 Å². The lowest BCUT2D eigenvalue weighted by atomic mass is 9.79. The lowest BCUT2D eigenvalue weighted by molar-refractivity contribution is -0.0433. The van der Waals surface area contributed by atoms with Crippen molar-refractivity contribution in [3.63, 3.8) is 0 Å². The second-order valence-corrected chi connectivity index (χ2v) is 10.2. The van der Waals surface area contributed by atoms with Crippen molar-refractivity contribution in [3.05, 3.63) is 108 Å². The van der Waals surface area contributed by atoms with Crippen LogP contribution < -0.4 is 9.47 Å². The van der Waals surface area contributed by atoms with Crippen LogP contribution in [0.1, 0.15) is 30.0 Å². The maximum absolute atomic E-state index is 7.17. The molecule has 0 radical (unpaired) electrons. The highest BCUT2D eigenvalue weighted by Gasteiger charge is 2.39. The topological polar surface area (TPSA) is 86.9 Å². The van der Waals surface area contributed by atoms with E-state index >= 15 is 0 Å². The van der Waals surface area contributed by atoms with Gasteiger partial charge in [-0.05, 0) is 54.3 Å². The monoisotopic (exact) mass is 564 g/mol. The van der Waals surface area contributed by atoms with Crippen LogP contribution >= 0.6 is 0 Å². The normalized spacial score (nSPS) is 12.5. The molecule has 0 N–H and O–H groups in total. The first-order valence-corrected chi connectivity index (χ1v) is 13.8. The van der Waals surface area contributed by atoms with Gasteiger partial charge in [0.25, 0.3) is 0 Å². The Morgan fingerprint density at radius 3 is 2.00 bits per heavy atom. The van der Waals surface area contributed by atoms with Gasteiger partial charge in [0.2, 0.25) is 0 Å². The van der Waals surface area contributed by atoms with Gasteiger partial charge in [0.1, 0.15) is 23.4 Å². The third-order valence-electron chi connectivity index (χ3n) is 7.12. The first-order chi connectivity index (χ1) is 20.4. The van der Waals surface area contributed by atoms with Gasteiger partial charge in [0, 0.05) is 20.6 Å². The zero-order valence-corrected chi connectivity index (χ0v) is 24.6. The van der Waals surface area contributed by atoms with E-state index in [1.807, 2.05) is 66.0 Å². The van der Waals surface area contributed by atoms with Crippen LogP contribution in [-0.4, -0.2) is 65.2 Å². The minimum absolute atomic E-state index is 0.153. The summed E-state index contributed by atoms with van der Waals surface area (Å²) in [5.41, 5.74) is 3.54. The number of aromatic nitrogens is 4. The number of methoxy groups -OCH3 is 2. The zero-order chi connectivity index (χ0) is 29.5. The van der Waals surface area contributed by atoms with E-state index in [4.69, 9.17) is 14.2 Å². The third-order valence-corrected chi connectivity index (χ3v) is 7.12. The fourth-order valence-electron chi connectivity index (χ4n) is 5.01. The summed E-state index contributed by atoms with van der Waals surface area (Å²) in [5, 5.41) is 0. The molecule has 0 spiro atoms. The van der Waals surface area contributed by atoms with Crippen molar-refractivity contribution in [3.8, 4) is 11.5 Å². The molecule has 0 fully saturated rings. The summed E-state index contributed by atoms with van der Waals surface area (Å²) in [6, 6.07) is 26.5. The highest BCUT2D eigenvalue weighted by atomic mass is 16.5. The summed E-state index contributed by atoms with van der Waals surface area (Å²) < 4.78 is 20.1. The minimum Gasteiger partial charge on any atom is -0.497 e. The lowest BCUT2D eigenvalue weighted by Crippen LogP contribution is -2.36. The number of rotatable bonds is 12. The van der Waals surface area contributed by atoms with E-state index in [1.165, 1.54) is 6.33 Å². The number of benzene rings is 3. The Balaban J connectivity index is 1.50. The average Bonchev–Trinajstić information content (AvgIpc) is 3.46. The van der Waals surface area contributed by atoms with Gasteiger partial charge in [0.15, 0.2) is 17.0 Å². The third kappa shape index (κ3) is 5.96. The Bertz CT molecular complexity index is 1570. The molecule has 5 rings (SSSR count). The summed E-state index contributed by atoms with van der Waals surface area (Å²) in [6.07, 6.45) is 5.58. The molecule has 9 heteroatoms. The highest BCUT2D eigenvalue weighted by Crippen LogP contribution is 2.43. The quantitative estimate of drug-likeness (QED) is 0.107. The lowest BCUT2D eigenvalue weighted by Gasteiger charge is -2.38. The predicted molar refractivity (Wildman–Crippen MR) is 165 cm³/mol. The van der Waals surface area contributed by atoms with Gasteiger partial charge >= 0.3 is 0 Å². The second-order valence-electron chi connectivity index (χ2n) is 10.2. The molecule has 2 aromatic heterocycles. The highest BCUT2D eigenvalue weighted by molar-refractivity contribution is 5.82. The average molecular weight is 565 g/mol. The molecule has 3 aromatic carbocycles. The van der Waals surface area contributed by atoms with Crippen molar-refractivity contribution in [2.75, 3.05) is 28.3 Å². The van der Waals surface area contributed by atoms with Gasteiger partial charge in [-0.15, -0.1) is 0 Å². The van der Waals surface area contributed by atoms with Gasteiger partial charge in [0.05, 0.1) is 33.0 Å². The maximum Gasteiger partial charge on any atom is 0.184 e. The van der Waals surface area contributed by atoms with Crippen LogP contribution in [0, 0.1) is 0 Å². The molecule has 1 atom stereocenters. The van der Waals surface area contributed by atoms with E-state index in [2.05, 4.69) is 63.3 Å². The van der Waals surface area contributed by atoms with E-state index < -0.39 is 5.60 Å². The summed E-state index contributed by atoms with van der Waals surface area (Å²) in [4.78, 5) is 19.7. The van der Waals surface area contributed by atoms with E-state index in [-0.39, 0.29) is 6.10 Å². The van der Waals surface area contributed by atoms with Crippen LogP contribution in [0.5, 0.6) is 11.5 Å². The zero-order valence-electron chi connectivity index (χ0n) is 24.6. The van der Waals surface area contributed by atoms with Gasteiger partial charge in [-0.1, -0.05) is 54.6 Å². The van der Waals surface area contributed by atoms with Gasteiger partial charge in [-0.3, -0.25) is 0 Å². The molecule has 1 unspecified atom stereocenters. The minimum atomic E-state index is -0.882. The van der Waals surface area contributed by atoms with Gasteiger partial charge < -0.3 is 23.7 Å². The molecule has 0 aliphatic carbocycles. The summed E-state index contributed by atoms with van der Waals surface area (Å²) in [7, 11) is 7.16. The Kier molecular flexibility index (Phi) is 8.78. The number of hydrogen-bond acceptors (Lipinski definition) is 7. The van der Waals surface area contributed by atoms with Crippen molar-refractivity contribution < 1.29 is 14.2 Å². The predicted octanol–water partition coefficient (Wildman–Crippen LogP) is 5.85. The number of imidazole rings is 1.